The quantitative estimate of drug-likeness (QED) is 0.794. The van der Waals surface area contributed by atoms with Gasteiger partial charge in [-0.2, -0.15) is 0 Å². The number of hydrogen-bond acceptors (Lipinski definition) is 4. The molecule has 23 heavy (non-hydrogen) atoms. The van der Waals surface area contributed by atoms with Crippen molar-refractivity contribution in [3.63, 3.8) is 0 Å². The molecule has 2 atom stereocenters. The standard InChI is InChI=1S/C17H23N3O3/c21-16-3-1-2-6-19(16)12-17(22)20-10-14-15(11-20)23-8-7-18(14)9-13-4-5-13/h1-3,6,13-15H,4-5,7-12H2/t14-,15-/m0/s1. The number of amides is 1. The third kappa shape index (κ3) is 3.19. The minimum Gasteiger partial charge on any atom is -0.373 e. The molecule has 3 aliphatic rings. The third-order valence-electron chi connectivity index (χ3n) is 5.16. The lowest BCUT2D eigenvalue weighted by Gasteiger charge is -2.36. The van der Waals surface area contributed by atoms with Gasteiger partial charge in [-0.05, 0) is 24.8 Å². The molecule has 3 heterocycles. The van der Waals surface area contributed by atoms with Crippen LogP contribution in [0.15, 0.2) is 29.2 Å². The Hall–Kier alpha value is -1.66. The van der Waals surface area contributed by atoms with Crippen LogP contribution in [0.25, 0.3) is 0 Å². The number of pyridine rings is 1. The van der Waals surface area contributed by atoms with Crippen molar-refractivity contribution in [2.75, 3.05) is 32.8 Å². The number of nitrogens with zero attached hydrogens (tertiary/aromatic N) is 3. The number of rotatable bonds is 4. The fraction of sp³-hybridized carbons (Fsp3) is 0.647. The second-order valence-corrected chi connectivity index (χ2v) is 6.88. The number of fused-ring (bicyclic) bond motifs is 1. The molecule has 1 saturated carbocycles. The first-order valence-electron chi connectivity index (χ1n) is 8.49. The highest BCUT2D eigenvalue weighted by atomic mass is 16.5. The SMILES string of the molecule is O=C(Cn1ccccc1=O)N1C[C@@H]2OCCN(CC3CC3)[C@H]2C1. The van der Waals surface area contributed by atoms with Crippen LogP contribution >= 0.6 is 0 Å². The molecule has 0 radical (unpaired) electrons. The van der Waals surface area contributed by atoms with Crippen molar-refractivity contribution >= 4 is 5.91 Å². The number of hydrogen-bond donors (Lipinski definition) is 0. The molecule has 6 nitrogen and oxygen atoms in total. The van der Waals surface area contributed by atoms with E-state index in [1.807, 2.05) is 4.90 Å². The second kappa shape index (κ2) is 6.09. The lowest BCUT2D eigenvalue weighted by Crippen LogP contribution is -2.51. The van der Waals surface area contributed by atoms with Crippen molar-refractivity contribution in [1.82, 2.24) is 14.4 Å². The van der Waals surface area contributed by atoms with E-state index in [9.17, 15) is 9.59 Å². The van der Waals surface area contributed by atoms with Crippen LogP contribution in [-0.4, -0.2) is 65.2 Å². The van der Waals surface area contributed by atoms with Gasteiger partial charge in [0.25, 0.3) is 5.56 Å². The predicted molar refractivity (Wildman–Crippen MR) is 85.1 cm³/mol. The van der Waals surface area contributed by atoms with Crippen LogP contribution in [0.2, 0.25) is 0 Å². The van der Waals surface area contributed by atoms with Crippen molar-refractivity contribution in [3.05, 3.63) is 34.7 Å². The number of carbonyl (C=O) groups is 1. The smallest absolute Gasteiger partial charge is 0.250 e. The topological polar surface area (TPSA) is 54.8 Å². The highest BCUT2D eigenvalue weighted by molar-refractivity contribution is 5.76. The molecule has 1 aromatic heterocycles. The summed E-state index contributed by atoms with van der Waals surface area (Å²) in [4.78, 5) is 28.7. The van der Waals surface area contributed by atoms with Gasteiger partial charge in [-0.1, -0.05) is 6.07 Å². The molecular formula is C17H23N3O3. The van der Waals surface area contributed by atoms with E-state index in [-0.39, 0.29) is 24.1 Å². The average molecular weight is 317 g/mol. The summed E-state index contributed by atoms with van der Waals surface area (Å²) in [6.45, 7) is 4.35. The summed E-state index contributed by atoms with van der Waals surface area (Å²) in [5, 5.41) is 0. The van der Waals surface area contributed by atoms with Crippen LogP contribution in [0.4, 0.5) is 0 Å². The zero-order chi connectivity index (χ0) is 15.8. The summed E-state index contributed by atoms with van der Waals surface area (Å²) >= 11 is 0. The van der Waals surface area contributed by atoms with Gasteiger partial charge in [0.2, 0.25) is 5.91 Å². The molecule has 1 aliphatic carbocycles. The molecule has 1 aromatic rings. The highest BCUT2D eigenvalue weighted by Crippen LogP contribution is 2.32. The molecule has 0 spiro atoms. The van der Waals surface area contributed by atoms with E-state index >= 15 is 0 Å². The molecule has 6 heteroatoms. The lowest BCUT2D eigenvalue weighted by atomic mass is 10.1. The number of ether oxygens (including phenoxy) is 1. The zero-order valence-electron chi connectivity index (χ0n) is 13.3. The normalized spacial score (nSPS) is 27.9. The summed E-state index contributed by atoms with van der Waals surface area (Å²) in [7, 11) is 0. The van der Waals surface area contributed by atoms with Crippen LogP contribution in [0.3, 0.4) is 0 Å². The Morgan fingerprint density at radius 1 is 1.26 bits per heavy atom. The molecular weight excluding hydrogens is 294 g/mol. The van der Waals surface area contributed by atoms with E-state index in [2.05, 4.69) is 4.90 Å². The predicted octanol–water partition coefficient (Wildman–Crippen LogP) is 0.170. The first-order chi connectivity index (χ1) is 11.2. The van der Waals surface area contributed by atoms with Gasteiger partial charge >= 0.3 is 0 Å². The Balaban J connectivity index is 1.41. The molecule has 0 N–H and O–H groups in total. The molecule has 4 rings (SSSR count). The maximum Gasteiger partial charge on any atom is 0.250 e. The molecule has 0 aromatic carbocycles. The van der Waals surface area contributed by atoms with Gasteiger partial charge in [-0.3, -0.25) is 14.5 Å². The molecule has 0 bridgehead atoms. The minimum absolute atomic E-state index is 0.00247. The van der Waals surface area contributed by atoms with E-state index in [1.165, 1.54) is 23.5 Å². The number of morpholine rings is 1. The Bertz CT molecular complexity index is 640. The van der Waals surface area contributed by atoms with E-state index < -0.39 is 0 Å². The molecule has 1 amide bonds. The van der Waals surface area contributed by atoms with Gasteiger partial charge in [0, 0.05) is 38.4 Å². The number of carbonyl (C=O) groups excluding carboxylic acids is 1. The molecule has 3 fully saturated rings. The van der Waals surface area contributed by atoms with Crippen LogP contribution in [0, 0.1) is 5.92 Å². The summed E-state index contributed by atoms with van der Waals surface area (Å²) in [5.74, 6) is 0.851. The molecule has 2 saturated heterocycles. The Morgan fingerprint density at radius 3 is 2.91 bits per heavy atom. The van der Waals surface area contributed by atoms with Crippen molar-refractivity contribution in [1.29, 1.82) is 0 Å². The van der Waals surface area contributed by atoms with Crippen molar-refractivity contribution < 1.29 is 9.53 Å². The minimum atomic E-state index is -0.135. The van der Waals surface area contributed by atoms with Gasteiger partial charge in [0.15, 0.2) is 0 Å². The third-order valence-corrected chi connectivity index (χ3v) is 5.16. The van der Waals surface area contributed by atoms with E-state index in [4.69, 9.17) is 4.74 Å². The first-order valence-corrected chi connectivity index (χ1v) is 8.49. The van der Waals surface area contributed by atoms with Gasteiger partial charge in [-0.25, -0.2) is 0 Å². The van der Waals surface area contributed by atoms with Gasteiger partial charge < -0.3 is 14.2 Å². The molecule has 124 valence electrons. The summed E-state index contributed by atoms with van der Waals surface area (Å²) in [6.07, 6.45) is 4.47. The highest BCUT2D eigenvalue weighted by Gasteiger charge is 2.42. The fourth-order valence-corrected chi connectivity index (χ4v) is 3.66. The average Bonchev–Trinajstić information content (AvgIpc) is 3.24. The van der Waals surface area contributed by atoms with Crippen LogP contribution < -0.4 is 5.56 Å². The van der Waals surface area contributed by atoms with Crippen molar-refractivity contribution in [2.24, 2.45) is 5.92 Å². The van der Waals surface area contributed by atoms with Crippen molar-refractivity contribution in [3.8, 4) is 0 Å². The Kier molecular flexibility index (Phi) is 3.95. The van der Waals surface area contributed by atoms with Crippen LogP contribution in [0.1, 0.15) is 12.8 Å². The largest absolute Gasteiger partial charge is 0.373 e. The van der Waals surface area contributed by atoms with Gasteiger partial charge in [0.05, 0.1) is 18.8 Å². The van der Waals surface area contributed by atoms with E-state index in [0.29, 0.717) is 12.6 Å². The first kappa shape index (κ1) is 14.9. The number of aromatic nitrogens is 1. The second-order valence-electron chi connectivity index (χ2n) is 6.88. The molecule has 2 aliphatic heterocycles. The van der Waals surface area contributed by atoms with E-state index in [1.54, 1.807) is 18.3 Å². The summed E-state index contributed by atoms with van der Waals surface area (Å²) < 4.78 is 7.35. The van der Waals surface area contributed by atoms with Crippen LogP contribution in [-0.2, 0) is 16.1 Å². The Morgan fingerprint density at radius 2 is 2.13 bits per heavy atom. The van der Waals surface area contributed by atoms with E-state index in [0.717, 1.165) is 32.2 Å². The number of likely N-dealkylation sites (tertiary alicyclic amines) is 1. The maximum absolute atomic E-state index is 12.5. The summed E-state index contributed by atoms with van der Waals surface area (Å²) in [6, 6.07) is 5.27. The van der Waals surface area contributed by atoms with Gasteiger partial charge in [-0.15, -0.1) is 0 Å². The monoisotopic (exact) mass is 317 g/mol. The Labute approximate surface area is 135 Å². The zero-order valence-corrected chi connectivity index (χ0v) is 13.3. The maximum atomic E-state index is 12.5. The fourth-order valence-electron chi connectivity index (χ4n) is 3.66. The van der Waals surface area contributed by atoms with Crippen molar-refractivity contribution in [2.45, 2.75) is 31.5 Å². The molecule has 0 unspecified atom stereocenters. The lowest BCUT2D eigenvalue weighted by molar-refractivity contribution is -0.131. The van der Waals surface area contributed by atoms with Crippen LogP contribution in [0.5, 0.6) is 0 Å². The summed E-state index contributed by atoms with van der Waals surface area (Å²) in [5.41, 5.74) is -0.135. The van der Waals surface area contributed by atoms with Gasteiger partial charge in [0.1, 0.15) is 6.54 Å².